The van der Waals surface area contributed by atoms with Gasteiger partial charge in [-0.15, -0.1) is 0 Å². The first-order valence-electron chi connectivity index (χ1n) is 5.82. The van der Waals surface area contributed by atoms with E-state index in [0.29, 0.717) is 0 Å². The van der Waals surface area contributed by atoms with E-state index in [2.05, 4.69) is 4.74 Å². The topological polar surface area (TPSA) is 35.5 Å². The zero-order valence-electron chi connectivity index (χ0n) is 11.7. The summed E-state index contributed by atoms with van der Waals surface area (Å²) >= 11 is 0. The van der Waals surface area contributed by atoms with Gasteiger partial charge in [0.1, 0.15) is 0 Å². The third-order valence-electron chi connectivity index (χ3n) is 2.50. The standard InChI is InChI=1S/C10H9F11O3/c1-3-4(2)23-5(22)6(11,8(14,15)16)24-10(20,21)7(12,13)9(17,18)19/h4H,3H2,1-2H3. The van der Waals surface area contributed by atoms with Crippen molar-refractivity contribution in [2.45, 2.75) is 56.6 Å². The molecule has 0 saturated carbocycles. The van der Waals surface area contributed by atoms with Crippen molar-refractivity contribution in [3.63, 3.8) is 0 Å². The molecular formula is C10H9F11O3. The van der Waals surface area contributed by atoms with Crippen LogP contribution in [0.2, 0.25) is 0 Å². The van der Waals surface area contributed by atoms with E-state index in [1.165, 1.54) is 6.92 Å². The third kappa shape index (κ3) is 4.19. The zero-order chi connectivity index (χ0) is 19.8. The van der Waals surface area contributed by atoms with E-state index in [4.69, 9.17) is 0 Å². The van der Waals surface area contributed by atoms with Gasteiger partial charge in [0.05, 0.1) is 6.10 Å². The summed E-state index contributed by atoms with van der Waals surface area (Å²) in [5, 5.41) is 0. The van der Waals surface area contributed by atoms with Gasteiger partial charge in [-0.2, -0.15) is 48.3 Å². The van der Waals surface area contributed by atoms with Crippen molar-refractivity contribution in [2.75, 3.05) is 0 Å². The summed E-state index contributed by atoms with van der Waals surface area (Å²) in [7, 11) is 0. The Hall–Kier alpha value is -1.34. The first kappa shape index (κ1) is 22.7. The van der Waals surface area contributed by atoms with Crippen LogP contribution in [0.15, 0.2) is 0 Å². The van der Waals surface area contributed by atoms with Crippen LogP contribution in [0.3, 0.4) is 0 Å². The van der Waals surface area contributed by atoms with Crippen molar-refractivity contribution < 1.29 is 62.6 Å². The van der Waals surface area contributed by atoms with Gasteiger partial charge in [-0.05, 0) is 13.3 Å². The number of carbonyl (C=O) groups is 1. The average Bonchev–Trinajstić information content (AvgIpc) is 2.34. The van der Waals surface area contributed by atoms with E-state index in [1.54, 1.807) is 0 Å². The number of carbonyl (C=O) groups excluding carboxylic acids is 1. The molecule has 0 aromatic rings. The maximum absolute atomic E-state index is 13.6. The summed E-state index contributed by atoms with van der Waals surface area (Å²) in [4.78, 5) is 11.0. The number of ether oxygens (including phenoxy) is 2. The average molecular weight is 386 g/mol. The maximum atomic E-state index is 13.6. The number of hydrogen-bond donors (Lipinski definition) is 0. The summed E-state index contributed by atoms with van der Waals surface area (Å²) in [6, 6.07) is 0. The van der Waals surface area contributed by atoms with E-state index in [-0.39, 0.29) is 6.42 Å². The van der Waals surface area contributed by atoms with Crippen LogP contribution in [0.25, 0.3) is 0 Å². The van der Waals surface area contributed by atoms with Crippen molar-refractivity contribution in [2.24, 2.45) is 0 Å². The second kappa shape index (κ2) is 6.52. The van der Waals surface area contributed by atoms with Gasteiger partial charge in [0.15, 0.2) is 0 Å². The van der Waals surface area contributed by atoms with Gasteiger partial charge in [0.25, 0.3) is 0 Å². The minimum atomic E-state index is -7.22. The largest absolute Gasteiger partial charge is 0.462 e. The Morgan fingerprint density at radius 3 is 1.58 bits per heavy atom. The normalized spacial score (nSPS) is 18.0. The van der Waals surface area contributed by atoms with Crippen molar-refractivity contribution in [1.29, 1.82) is 0 Å². The molecule has 0 fully saturated rings. The molecule has 0 rings (SSSR count). The van der Waals surface area contributed by atoms with E-state index in [9.17, 15) is 53.1 Å². The molecule has 0 aliphatic rings. The number of rotatable bonds is 6. The lowest BCUT2D eigenvalue weighted by molar-refractivity contribution is -0.475. The molecule has 0 radical (unpaired) electrons. The number of halogens is 11. The Kier molecular flexibility index (Phi) is 6.15. The second-order valence-corrected chi connectivity index (χ2v) is 4.41. The molecule has 0 aromatic heterocycles. The Morgan fingerprint density at radius 1 is 0.875 bits per heavy atom. The molecule has 2 atom stereocenters. The van der Waals surface area contributed by atoms with Gasteiger partial charge in [0.2, 0.25) is 0 Å². The highest BCUT2D eigenvalue weighted by molar-refractivity contribution is 5.79. The van der Waals surface area contributed by atoms with Crippen LogP contribution in [-0.2, 0) is 14.3 Å². The number of esters is 1. The monoisotopic (exact) mass is 386 g/mol. The van der Waals surface area contributed by atoms with Crippen molar-refractivity contribution in [3.8, 4) is 0 Å². The third-order valence-corrected chi connectivity index (χ3v) is 2.50. The first-order valence-corrected chi connectivity index (χ1v) is 5.82. The Balaban J connectivity index is 5.87. The highest BCUT2D eigenvalue weighted by Crippen LogP contribution is 2.51. The van der Waals surface area contributed by atoms with Crippen molar-refractivity contribution in [1.82, 2.24) is 0 Å². The summed E-state index contributed by atoms with van der Waals surface area (Å²) in [5.74, 6) is -16.7. The maximum Gasteiger partial charge on any atom is 0.462 e. The molecule has 14 heteroatoms. The molecule has 0 heterocycles. The van der Waals surface area contributed by atoms with Crippen LogP contribution >= 0.6 is 0 Å². The number of alkyl halides is 11. The Bertz CT molecular complexity index is 456. The van der Waals surface area contributed by atoms with Gasteiger partial charge in [-0.25, -0.2) is 4.79 Å². The molecule has 24 heavy (non-hydrogen) atoms. The van der Waals surface area contributed by atoms with Gasteiger partial charge in [-0.1, -0.05) is 6.92 Å². The fourth-order valence-electron chi connectivity index (χ4n) is 0.963. The molecule has 0 amide bonds. The second-order valence-electron chi connectivity index (χ2n) is 4.41. The van der Waals surface area contributed by atoms with E-state index >= 15 is 0 Å². The van der Waals surface area contributed by atoms with Crippen LogP contribution in [0.5, 0.6) is 0 Å². The molecule has 0 bridgehead atoms. The van der Waals surface area contributed by atoms with Crippen LogP contribution in [0.1, 0.15) is 20.3 Å². The predicted molar refractivity (Wildman–Crippen MR) is 52.8 cm³/mol. The zero-order valence-corrected chi connectivity index (χ0v) is 11.7. The SMILES string of the molecule is CCC(C)OC(=O)C(F)(OC(F)(F)C(F)(F)C(F)(F)F)C(F)(F)F. The van der Waals surface area contributed by atoms with Gasteiger partial charge >= 0.3 is 36.2 Å². The fraction of sp³-hybridized carbons (Fsp3) is 0.900. The predicted octanol–water partition coefficient (Wildman–Crippen LogP) is 4.36. The smallest absolute Gasteiger partial charge is 0.458 e. The van der Waals surface area contributed by atoms with Gasteiger partial charge < -0.3 is 4.74 Å². The highest BCUT2D eigenvalue weighted by atomic mass is 19.4. The van der Waals surface area contributed by atoms with E-state index in [0.717, 1.165) is 6.92 Å². The molecule has 0 aliphatic carbocycles. The minimum Gasteiger partial charge on any atom is -0.458 e. The molecule has 0 saturated heterocycles. The lowest BCUT2D eigenvalue weighted by atomic mass is 10.2. The van der Waals surface area contributed by atoms with Crippen LogP contribution in [0.4, 0.5) is 48.3 Å². The lowest BCUT2D eigenvalue weighted by Gasteiger charge is -2.34. The number of hydrogen-bond acceptors (Lipinski definition) is 3. The molecule has 0 aromatic carbocycles. The first-order chi connectivity index (χ1) is 10.3. The Morgan fingerprint density at radius 2 is 1.29 bits per heavy atom. The van der Waals surface area contributed by atoms with Crippen molar-refractivity contribution in [3.05, 3.63) is 0 Å². The van der Waals surface area contributed by atoms with E-state index in [1.807, 2.05) is 4.74 Å². The van der Waals surface area contributed by atoms with Crippen LogP contribution < -0.4 is 0 Å². The molecular weight excluding hydrogens is 377 g/mol. The molecule has 3 nitrogen and oxygen atoms in total. The lowest BCUT2D eigenvalue weighted by Crippen LogP contribution is -2.62. The van der Waals surface area contributed by atoms with Crippen LogP contribution in [-0.4, -0.2) is 42.3 Å². The van der Waals surface area contributed by atoms with E-state index < -0.39 is 42.3 Å². The summed E-state index contributed by atoms with van der Waals surface area (Å²) < 4.78 is 143. The molecule has 2 unspecified atom stereocenters. The summed E-state index contributed by atoms with van der Waals surface area (Å²) in [5.41, 5.74) is 0. The quantitative estimate of drug-likeness (QED) is 0.503. The van der Waals surface area contributed by atoms with Crippen LogP contribution in [0, 0.1) is 0 Å². The fourth-order valence-corrected chi connectivity index (χ4v) is 0.963. The van der Waals surface area contributed by atoms with Crippen molar-refractivity contribution >= 4 is 5.97 Å². The molecule has 0 spiro atoms. The summed E-state index contributed by atoms with van der Waals surface area (Å²) in [6.07, 6.45) is -22.7. The van der Waals surface area contributed by atoms with Gasteiger partial charge in [-0.3, -0.25) is 4.74 Å². The Labute approximate surface area is 126 Å². The highest BCUT2D eigenvalue weighted by Gasteiger charge is 2.80. The molecule has 0 N–H and O–H groups in total. The minimum absolute atomic E-state index is 0.255. The summed E-state index contributed by atoms with van der Waals surface area (Å²) in [6.45, 7) is 2.07. The van der Waals surface area contributed by atoms with Gasteiger partial charge in [0, 0.05) is 0 Å². The molecule has 144 valence electrons. The molecule has 0 aliphatic heterocycles.